The Labute approximate surface area is 119 Å². The molecule has 0 saturated carbocycles. The SMILES string of the molecule is COc1c(C(C)(N)c2ccccc2F)ccc(C)c1C. The van der Waals surface area contributed by atoms with Gasteiger partial charge in [-0.05, 0) is 38.0 Å². The molecule has 0 aromatic heterocycles. The summed E-state index contributed by atoms with van der Waals surface area (Å²) in [5.41, 5.74) is 8.88. The highest BCUT2D eigenvalue weighted by molar-refractivity contribution is 5.52. The van der Waals surface area contributed by atoms with Crippen LogP contribution in [0.1, 0.15) is 29.2 Å². The average Bonchev–Trinajstić information content (AvgIpc) is 2.41. The molecule has 0 fully saturated rings. The molecule has 0 bridgehead atoms. The Hall–Kier alpha value is -1.87. The summed E-state index contributed by atoms with van der Waals surface area (Å²) >= 11 is 0. The van der Waals surface area contributed by atoms with Crippen molar-refractivity contribution in [3.63, 3.8) is 0 Å². The third-order valence-corrected chi connectivity index (χ3v) is 3.87. The molecule has 3 heteroatoms. The van der Waals surface area contributed by atoms with Gasteiger partial charge in [-0.25, -0.2) is 4.39 Å². The number of ether oxygens (including phenoxy) is 1. The molecule has 2 N–H and O–H groups in total. The van der Waals surface area contributed by atoms with Crippen molar-refractivity contribution in [3.8, 4) is 5.75 Å². The van der Waals surface area contributed by atoms with Crippen molar-refractivity contribution in [3.05, 3.63) is 64.5 Å². The van der Waals surface area contributed by atoms with Gasteiger partial charge < -0.3 is 10.5 Å². The van der Waals surface area contributed by atoms with E-state index in [1.807, 2.05) is 26.0 Å². The van der Waals surface area contributed by atoms with Crippen molar-refractivity contribution < 1.29 is 9.13 Å². The molecule has 20 heavy (non-hydrogen) atoms. The number of nitrogens with two attached hydrogens (primary N) is 1. The molecule has 106 valence electrons. The number of hydrogen-bond donors (Lipinski definition) is 1. The molecule has 0 aliphatic heterocycles. The van der Waals surface area contributed by atoms with Gasteiger partial charge in [0.2, 0.25) is 0 Å². The number of rotatable bonds is 3. The molecule has 1 atom stereocenters. The Balaban J connectivity index is 2.67. The van der Waals surface area contributed by atoms with Crippen LogP contribution >= 0.6 is 0 Å². The fraction of sp³-hybridized carbons (Fsp3) is 0.294. The van der Waals surface area contributed by atoms with Crippen molar-refractivity contribution in [2.24, 2.45) is 5.73 Å². The van der Waals surface area contributed by atoms with Crippen LogP contribution in [0, 0.1) is 19.7 Å². The minimum absolute atomic E-state index is 0.308. The van der Waals surface area contributed by atoms with Gasteiger partial charge in [0.1, 0.15) is 11.6 Å². The molecular formula is C17H20FNO. The van der Waals surface area contributed by atoms with Crippen LogP contribution in [-0.2, 0) is 5.54 Å². The zero-order valence-corrected chi connectivity index (χ0v) is 12.3. The van der Waals surface area contributed by atoms with E-state index in [0.29, 0.717) is 5.56 Å². The minimum Gasteiger partial charge on any atom is -0.496 e. The summed E-state index contributed by atoms with van der Waals surface area (Å²) in [6.45, 7) is 5.80. The molecule has 0 radical (unpaired) electrons. The first-order valence-electron chi connectivity index (χ1n) is 6.58. The molecule has 0 saturated heterocycles. The first-order valence-corrected chi connectivity index (χ1v) is 6.58. The summed E-state index contributed by atoms with van der Waals surface area (Å²) in [6, 6.07) is 10.5. The van der Waals surface area contributed by atoms with Gasteiger partial charge in [0.15, 0.2) is 0 Å². The molecule has 2 rings (SSSR count). The van der Waals surface area contributed by atoms with Crippen LogP contribution in [0.5, 0.6) is 5.75 Å². The summed E-state index contributed by atoms with van der Waals surface area (Å²) in [5, 5.41) is 0. The second-order valence-electron chi connectivity index (χ2n) is 5.27. The number of methoxy groups -OCH3 is 1. The van der Waals surface area contributed by atoms with Crippen LogP contribution in [-0.4, -0.2) is 7.11 Å². The van der Waals surface area contributed by atoms with Crippen LogP contribution in [0.15, 0.2) is 36.4 Å². The Kier molecular flexibility index (Phi) is 3.82. The predicted octanol–water partition coefficient (Wildman–Crippen LogP) is 3.67. The van der Waals surface area contributed by atoms with E-state index in [0.717, 1.165) is 22.4 Å². The maximum atomic E-state index is 14.1. The Morgan fingerprint density at radius 1 is 1.05 bits per heavy atom. The van der Waals surface area contributed by atoms with E-state index in [1.54, 1.807) is 32.2 Å². The highest BCUT2D eigenvalue weighted by Crippen LogP contribution is 2.37. The number of halogens is 1. The Morgan fingerprint density at radius 3 is 2.30 bits per heavy atom. The van der Waals surface area contributed by atoms with Crippen LogP contribution in [0.25, 0.3) is 0 Å². The van der Waals surface area contributed by atoms with Crippen molar-refractivity contribution >= 4 is 0 Å². The lowest BCUT2D eigenvalue weighted by atomic mass is 9.83. The number of hydrogen-bond acceptors (Lipinski definition) is 2. The summed E-state index contributed by atoms with van der Waals surface area (Å²) in [7, 11) is 1.61. The monoisotopic (exact) mass is 273 g/mol. The van der Waals surface area contributed by atoms with Gasteiger partial charge in [-0.3, -0.25) is 0 Å². The zero-order chi connectivity index (χ0) is 14.9. The van der Waals surface area contributed by atoms with E-state index in [-0.39, 0.29) is 5.82 Å². The highest BCUT2D eigenvalue weighted by atomic mass is 19.1. The largest absolute Gasteiger partial charge is 0.496 e. The first kappa shape index (κ1) is 14.5. The van der Waals surface area contributed by atoms with Crippen molar-refractivity contribution in [1.82, 2.24) is 0 Å². The van der Waals surface area contributed by atoms with E-state index < -0.39 is 5.54 Å². The van der Waals surface area contributed by atoms with Crippen LogP contribution in [0.2, 0.25) is 0 Å². The van der Waals surface area contributed by atoms with Crippen LogP contribution in [0.3, 0.4) is 0 Å². The normalized spacial score (nSPS) is 13.9. The zero-order valence-electron chi connectivity index (χ0n) is 12.3. The lowest BCUT2D eigenvalue weighted by Gasteiger charge is -2.29. The van der Waals surface area contributed by atoms with E-state index in [4.69, 9.17) is 10.5 Å². The molecule has 0 aliphatic rings. The fourth-order valence-electron chi connectivity index (χ4n) is 2.49. The molecule has 1 unspecified atom stereocenters. The second-order valence-corrected chi connectivity index (χ2v) is 5.27. The smallest absolute Gasteiger partial charge is 0.128 e. The minimum atomic E-state index is -0.949. The van der Waals surface area contributed by atoms with Gasteiger partial charge in [0.05, 0.1) is 12.6 Å². The standard InChI is InChI=1S/C17H20FNO/c1-11-9-10-14(16(20-4)12(11)2)17(3,19)13-7-5-6-8-15(13)18/h5-10H,19H2,1-4H3. The fourth-order valence-corrected chi connectivity index (χ4v) is 2.49. The Bertz CT molecular complexity index is 635. The molecule has 2 aromatic rings. The maximum absolute atomic E-state index is 14.1. The van der Waals surface area contributed by atoms with Gasteiger partial charge in [0, 0.05) is 11.1 Å². The second kappa shape index (κ2) is 5.25. The van der Waals surface area contributed by atoms with E-state index in [1.165, 1.54) is 6.07 Å². The lowest BCUT2D eigenvalue weighted by molar-refractivity contribution is 0.393. The predicted molar refractivity (Wildman–Crippen MR) is 79.5 cm³/mol. The number of benzene rings is 2. The number of aryl methyl sites for hydroxylation is 1. The average molecular weight is 273 g/mol. The summed E-state index contributed by atoms with van der Waals surface area (Å²) < 4.78 is 19.6. The molecule has 0 amide bonds. The van der Waals surface area contributed by atoms with Gasteiger partial charge in [-0.2, -0.15) is 0 Å². The van der Waals surface area contributed by atoms with Gasteiger partial charge >= 0.3 is 0 Å². The van der Waals surface area contributed by atoms with Crippen LogP contribution in [0.4, 0.5) is 4.39 Å². The molecular weight excluding hydrogens is 253 g/mol. The summed E-state index contributed by atoms with van der Waals surface area (Å²) in [6.07, 6.45) is 0. The molecule has 0 heterocycles. The van der Waals surface area contributed by atoms with Crippen molar-refractivity contribution in [1.29, 1.82) is 0 Å². The summed E-state index contributed by atoms with van der Waals surface area (Å²) in [5.74, 6) is 0.413. The van der Waals surface area contributed by atoms with E-state index in [2.05, 4.69) is 0 Å². The van der Waals surface area contributed by atoms with Crippen molar-refractivity contribution in [2.45, 2.75) is 26.3 Å². The van der Waals surface area contributed by atoms with Crippen molar-refractivity contribution in [2.75, 3.05) is 7.11 Å². The van der Waals surface area contributed by atoms with Gasteiger partial charge in [-0.1, -0.05) is 30.3 Å². The van der Waals surface area contributed by atoms with Crippen LogP contribution < -0.4 is 10.5 Å². The third-order valence-electron chi connectivity index (χ3n) is 3.87. The molecule has 0 spiro atoms. The summed E-state index contributed by atoms with van der Waals surface area (Å²) in [4.78, 5) is 0. The highest BCUT2D eigenvalue weighted by Gasteiger charge is 2.30. The molecule has 0 aliphatic carbocycles. The first-order chi connectivity index (χ1) is 9.39. The molecule has 2 nitrogen and oxygen atoms in total. The van der Waals surface area contributed by atoms with E-state index >= 15 is 0 Å². The Morgan fingerprint density at radius 2 is 1.70 bits per heavy atom. The topological polar surface area (TPSA) is 35.2 Å². The third kappa shape index (κ3) is 2.29. The quantitative estimate of drug-likeness (QED) is 0.926. The van der Waals surface area contributed by atoms with E-state index in [9.17, 15) is 4.39 Å². The molecule has 2 aromatic carbocycles. The maximum Gasteiger partial charge on any atom is 0.128 e. The lowest BCUT2D eigenvalue weighted by Crippen LogP contribution is -2.36. The van der Waals surface area contributed by atoms with Gasteiger partial charge in [-0.15, -0.1) is 0 Å². The van der Waals surface area contributed by atoms with Gasteiger partial charge in [0.25, 0.3) is 0 Å².